The first-order valence-electron chi connectivity index (χ1n) is 8.66. The van der Waals surface area contributed by atoms with Crippen molar-refractivity contribution in [3.8, 4) is 11.3 Å². The van der Waals surface area contributed by atoms with Crippen LogP contribution in [0.5, 0.6) is 0 Å². The van der Waals surface area contributed by atoms with E-state index in [1.54, 1.807) is 29.6 Å². The number of benzene rings is 2. The van der Waals surface area contributed by atoms with Crippen molar-refractivity contribution in [1.29, 1.82) is 0 Å². The van der Waals surface area contributed by atoms with Crippen LogP contribution in [0.25, 0.3) is 11.3 Å². The van der Waals surface area contributed by atoms with Gasteiger partial charge in [-0.25, -0.2) is 4.98 Å². The maximum atomic E-state index is 14.1. The second-order valence-corrected chi connectivity index (χ2v) is 7.65. The van der Waals surface area contributed by atoms with Crippen LogP contribution in [0, 0.1) is 5.92 Å². The van der Waals surface area contributed by atoms with Crippen LogP contribution >= 0.6 is 11.3 Å². The van der Waals surface area contributed by atoms with E-state index < -0.39 is 17.8 Å². The first-order valence-corrected chi connectivity index (χ1v) is 9.54. The molecule has 0 unspecified atom stereocenters. The predicted octanol–water partition coefficient (Wildman–Crippen LogP) is 4.46. The number of hydrogen-bond acceptors (Lipinski definition) is 5. The number of thiazole rings is 1. The van der Waals surface area contributed by atoms with Crippen LogP contribution < -0.4 is 5.01 Å². The highest BCUT2D eigenvalue weighted by molar-refractivity contribution is 7.14. The van der Waals surface area contributed by atoms with Crippen LogP contribution in [0.2, 0.25) is 0 Å². The molecule has 0 saturated heterocycles. The minimum atomic E-state index is -4.90. The highest BCUT2D eigenvalue weighted by Crippen LogP contribution is 2.51. The van der Waals surface area contributed by atoms with Crippen molar-refractivity contribution in [2.24, 2.45) is 11.0 Å². The summed E-state index contributed by atoms with van der Waals surface area (Å²) in [5.41, 5.74) is -0.129. The van der Waals surface area contributed by atoms with Crippen molar-refractivity contribution in [2.75, 3.05) is 5.01 Å². The molecular formula is C20H14F3N3OS. The van der Waals surface area contributed by atoms with E-state index in [4.69, 9.17) is 0 Å². The maximum absolute atomic E-state index is 14.1. The molecule has 1 aromatic heterocycles. The largest absolute Gasteiger partial charge is 0.439 e. The zero-order valence-electron chi connectivity index (χ0n) is 14.4. The van der Waals surface area contributed by atoms with Crippen LogP contribution in [0.4, 0.5) is 18.3 Å². The Bertz CT molecular complexity index is 1080. The van der Waals surface area contributed by atoms with E-state index in [1.807, 2.05) is 30.3 Å². The van der Waals surface area contributed by atoms with Crippen molar-refractivity contribution in [3.63, 3.8) is 0 Å². The minimum Gasteiger partial charge on any atom is -0.362 e. The van der Waals surface area contributed by atoms with Gasteiger partial charge < -0.3 is 5.11 Å². The summed E-state index contributed by atoms with van der Waals surface area (Å²) in [4.78, 5) is 4.33. The van der Waals surface area contributed by atoms with Crippen molar-refractivity contribution in [1.82, 2.24) is 4.98 Å². The molecule has 0 amide bonds. The normalized spacial score (nSPS) is 23.5. The molecule has 0 bridgehead atoms. The van der Waals surface area contributed by atoms with Gasteiger partial charge >= 0.3 is 6.18 Å². The summed E-state index contributed by atoms with van der Waals surface area (Å²) in [7, 11) is 0. The minimum absolute atomic E-state index is 0.0121. The van der Waals surface area contributed by atoms with Crippen molar-refractivity contribution in [2.45, 2.75) is 18.3 Å². The third kappa shape index (κ3) is 2.34. The average molecular weight is 401 g/mol. The van der Waals surface area contributed by atoms with Crippen LogP contribution in [-0.2, 0) is 6.42 Å². The molecule has 2 aliphatic rings. The Kier molecular flexibility index (Phi) is 3.66. The molecule has 1 N–H and O–H groups in total. The number of hydrogen-bond donors (Lipinski definition) is 1. The van der Waals surface area contributed by atoms with Gasteiger partial charge in [0.2, 0.25) is 5.13 Å². The number of aromatic nitrogens is 1. The number of hydrazone groups is 1. The van der Waals surface area contributed by atoms with E-state index in [0.717, 1.165) is 22.5 Å². The topological polar surface area (TPSA) is 48.7 Å². The smallest absolute Gasteiger partial charge is 0.362 e. The van der Waals surface area contributed by atoms with Gasteiger partial charge in [0, 0.05) is 16.5 Å². The number of aliphatic hydroxyl groups is 1. The zero-order chi connectivity index (χ0) is 19.5. The Labute approximate surface area is 162 Å². The lowest BCUT2D eigenvalue weighted by atomic mass is 9.91. The van der Waals surface area contributed by atoms with E-state index in [2.05, 4.69) is 10.1 Å². The van der Waals surface area contributed by atoms with Gasteiger partial charge in [-0.2, -0.15) is 23.3 Å². The quantitative estimate of drug-likeness (QED) is 0.690. The Hall–Kier alpha value is -2.71. The van der Waals surface area contributed by atoms with Gasteiger partial charge in [0.1, 0.15) is 0 Å². The first kappa shape index (κ1) is 17.4. The Balaban J connectivity index is 1.62. The lowest BCUT2D eigenvalue weighted by molar-refractivity contribution is -0.267. The summed E-state index contributed by atoms with van der Waals surface area (Å²) < 4.78 is 42.3. The molecule has 142 valence electrons. The monoisotopic (exact) mass is 401 g/mol. The van der Waals surface area contributed by atoms with Crippen LogP contribution in [0.3, 0.4) is 0 Å². The average Bonchev–Trinajstić information content (AvgIpc) is 3.36. The summed E-state index contributed by atoms with van der Waals surface area (Å²) in [6, 6.07) is 16.2. The van der Waals surface area contributed by atoms with Crippen LogP contribution in [-0.4, -0.2) is 27.7 Å². The molecule has 1 aliphatic carbocycles. The van der Waals surface area contributed by atoms with E-state index in [0.29, 0.717) is 16.3 Å². The molecule has 5 rings (SSSR count). The molecule has 3 aromatic rings. The highest BCUT2D eigenvalue weighted by atomic mass is 32.1. The molecule has 8 heteroatoms. The number of alkyl halides is 3. The molecule has 4 nitrogen and oxygen atoms in total. The fraction of sp³-hybridized carbons (Fsp3) is 0.200. The van der Waals surface area contributed by atoms with Crippen molar-refractivity contribution < 1.29 is 18.3 Å². The maximum Gasteiger partial charge on any atom is 0.439 e. The van der Waals surface area contributed by atoms with Gasteiger partial charge in [-0.05, 0) is 12.0 Å². The van der Waals surface area contributed by atoms with Crippen LogP contribution in [0.1, 0.15) is 11.1 Å². The van der Waals surface area contributed by atoms with Gasteiger partial charge in [0.15, 0.2) is 0 Å². The molecule has 2 aromatic carbocycles. The third-order valence-corrected chi connectivity index (χ3v) is 6.04. The number of nitrogens with zero attached hydrogens (tertiary/aromatic N) is 3. The zero-order valence-corrected chi connectivity index (χ0v) is 15.2. The van der Waals surface area contributed by atoms with Gasteiger partial charge in [0.25, 0.3) is 5.72 Å². The molecular weight excluding hydrogens is 387 g/mol. The summed E-state index contributed by atoms with van der Waals surface area (Å²) in [5, 5.41) is 17.5. The third-order valence-electron chi connectivity index (χ3n) is 5.22. The first-order chi connectivity index (χ1) is 13.4. The second kappa shape index (κ2) is 5.89. The highest BCUT2D eigenvalue weighted by Gasteiger charge is 2.69. The van der Waals surface area contributed by atoms with Gasteiger partial charge in [-0.15, -0.1) is 11.3 Å². The molecule has 28 heavy (non-hydrogen) atoms. The molecule has 1 aliphatic heterocycles. The molecule has 0 radical (unpaired) electrons. The number of fused-ring (bicyclic) bond motifs is 3. The number of halogens is 3. The van der Waals surface area contributed by atoms with Crippen LogP contribution in [0.15, 0.2) is 65.1 Å². The molecule has 0 fully saturated rings. The standard InChI is InChI=1S/C20H14F3N3OS/c21-20(22,23)19(27)15-10-13-8-4-5-9-14(13)17(15)25-26(19)18-24-16(11-28-18)12-6-2-1-3-7-12/h1-9,11,15,27H,10H2/t15-,19-/m1/s1. The van der Waals surface area contributed by atoms with E-state index in [1.165, 1.54) is 0 Å². The summed E-state index contributed by atoms with van der Waals surface area (Å²) in [6.45, 7) is 0. The lowest BCUT2D eigenvalue weighted by Crippen LogP contribution is -2.60. The second-order valence-electron chi connectivity index (χ2n) is 6.82. The molecule has 2 atom stereocenters. The van der Waals surface area contributed by atoms with Gasteiger partial charge in [-0.3, -0.25) is 0 Å². The summed E-state index contributed by atoms with van der Waals surface area (Å²) >= 11 is 1.03. The fourth-order valence-electron chi connectivity index (χ4n) is 3.85. The Morgan fingerprint density at radius 3 is 2.54 bits per heavy atom. The Morgan fingerprint density at radius 1 is 1.07 bits per heavy atom. The predicted molar refractivity (Wildman–Crippen MR) is 101 cm³/mol. The van der Waals surface area contributed by atoms with Gasteiger partial charge in [-0.1, -0.05) is 54.6 Å². The summed E-state index contributed by atoms with van der Waals surface area (Å²) in [6.07, 6.45) is -4.82. The SMILES string of the molecule is O[C@@]1(C(F)(F)F)[C@@H]2Cc3ccccc3C2=NN1c1nc(-c2ccccc2)cs1. The molecule has 0 spiro atoms. The Morgan fingerprint density at radius 2 is 1.79 bits per heavy atom. The van der Waals surface area contributed by atoms with E-state index >= 15 is 0 Å². The van der Waals surface area contributed by atoms with Crippen molar-refractivity contribution in [3.05, 3.63) is 71.1 Å². The van der Waals surface area contributed by atoms with Crippen molar-refractivity contribution >= 4 is 22.2 Å². The summed E-state index contributed by atoms with van der Waals surface area (Å²) in [5.74, 6) is -1.19. The fourth-order valence-corrected chi connectivity index (χ4v) is 4.69. The van der Waals surface area contributed by atoms with E-state index in [-0.39, 0.29) is 17.3 Å². The lowest BCUT2D eigenvalue weighted by Gasteiger charge is -2.36. The van der Waals surface area contributed by atoms with E-state index in [9.17, 15) is 18.3 Å². The molecule has 2 heterocycles. The van der Waals surface area contributed by atoms with Gasteiger partial charge in [0.05, 0.1) is 17.3 Å². The number of anilines is 1. The molecule has 0 saturated carbocycles. The number of rotatable bonds is 2.